The van der Waals surface area contributed by atoms with Crippen molar-refractivity contribution in [3.8, 4) is 0 Å². The highest BCUT2D eigenvalue weighted by molar-refractivity contribution is 7.89. The number of non-ortho nitro benzene ring substituents is 1. The molecule has 0 saturated carbocycles. The fraction of sp³-hybridized carbons (Fsp3) is 0.455. The van der Waals surface area contributed by atoms with Gasteiger partial charge in [-0.25, -0.2) is 13.4 Å². The van der Waals surface area contributed by atoms with E-state index in [-0.39, 0.29) is 15.6 Å². The van der Waals surface area contributed by atoms with Crippen molar-refractivity contribution in [1.82, 2.24) is 9.84 Å². The van der Waals surface area contributed by atoms with Gasteiger partial charge in [-0.2, -0.15) is 0 Å². The van der Waals surface area contributed by atoms with Crippen LogP contribution >= 0.6 is 11.6 Å². The zero-order valence-electron chi connectivity index (χ0n) is 10.6. The highest BCUT2D eigenvalue weighted by Crippen LogP contribution is 2.26. The molecule has 0 radical (unpaired) electrons. The fourth-order valence-corrected chi connectivity index (χ4v) is 3.66. The zero-order chi connectivity index (χ0) is 14.8. The van der Waals surface area contributed by atoms with Crippen LogP contribution in [0.5, 0.6) is 0 Å². The number of hydrogen-bond donors (Lipinski definition) is 1. The second-order valence-corrected chi connectivity index (χ2v) is 6.55. The van der Waals surface area contributed by atoms with Crippen molar-refractivity contribution < 1.29 is 13.3 Å². The highest BCUT2D eigenvalue weighted by atomic mass is 35.5. The molecule has 0 amide bonds. The van der Waals surface area contributed by atoms with E-state index in [0.717, 1.165) is 25.3 Å². The lowest BCUT2D eigenvalue weighted by Crippen LogP contribution is -2.44. The molecule has 9 heteroatoms. The predicted octanol–water partition coefficient (Wildman–Crippen LogP) is 1.93. The third-order valence-electron chi connectivity index (χ3n) is 3.02. The van der Waals surface area contributed by atoms with Crippen molar-refractivity contribution in [2.45, 2.75) is 24.2 Å². The van der Waals surface area contributed by atoms with Crippen LogP contribution in [0.15, 0.2) is 23.1 Å². The van der Waals surface area contributed by atoms with Crippen molar-refractivity contribution in [2.24, 2.45) is 0 Å². The van der Waals surface area contributed by atoms with Gasteiger partial charge in [-0.3, -0.25) is 10.1 Å². The third kappa shape index (κ3) is 3.45. The maximum absolute atomic E-state index is 12.2. The minimum atomic E-state index is -3.91. The first-order valence-electron chi connectivity index (χ1n) is 6.11. The van der Waals surface area contributed by atoms with E-state index in [0.29, 0.717) is 13.1 Å². The van der Waals surface area contributed by atoms with Crippen LogP contribution in [0, 0.1) is 10.1 Å². The minimum Gasteiger partial charge on any atom is -0.258 e. The molecule has 0 aromatic heterocycles. The number of hydrazine groups is 1. The summed E-state index contributed by atoms with van der Waals surface area (Å²) in [6.07, 6.45) is 2.88. The standard InChI is InChI=1S/C11H14ClN3O4S/c12-10-5-4-9(15(16)17)8-11(10)20(18,19)13-14-6-2-1-3-7-14/h4-5,8,13H,1-3,6-7H2. The summed E-state index contributed by atoms with van der Waals surface area (Å²) in [7, 11) is -3.91. The zero-order valence-corrected chi connectivity index (χ0v) is 12.2. The summed E-state index contributed by atoms with van der Waals surface area (Å²) in [5, 5.41) is 12.3. The SMILES string of the molecule is O=[N+]([O-])c1ccc(Cl)c(S(=O)(=O)NN2CCCCC2)c1. The molecular weight excluding hydrogens is 306 g/mol. The van der Waals surface area contributed by atoms with Gasteiger partial charge >= 0.3 is 0 Å². The van der Waals surface area contributed by atoms with E-state index >= 15 is 0 Å². The van der Waals surface area contributed by atoms with Crippen LogP contribution in [-0.4, -0.2) is 31.4 Å². The Morgan fingerprint density at radius 1 is 1.25 bits per heavy atom. The van der Waals surface area contributed by atoms with Crippen LogP contribution in [0.25, 0.3) is 0 Å². The van der Waals surface area contributed by atoms with Gasteiger partial charge in [-0.05, 0) is 18.9 Å². The Balaban J connectivity index is 2.28. The van der Waals surface area contributed by atoms with Crippen LogP contribution in [0.1, 0.15) is 19.3 Å². The minimum absolute atomic E-state index is 0.0416. The summed E-state index contributed by atoms with van der Waals surface area (Å²) >= 11 is 5.84. The van der Waals surface area contributed by atoms with E-state index in [1.54, 1.807) is 5.01 Å². The van der Waals surface area contributed by atoms with Gasteiger partial charge in [-0.1, -0.05) is 18.0 Å². The number of nitrogens with zero attached hydrogens (tertiary/aromatic N) is 2. The lowest BCUT2D eigenvalue weighted by molar-refractivity contribution is -0.385. The number of nitro benzene ring substituents is 1. The average molecular weight is 320 g/mol. The molecule has 1 saturated heterocycles. The van der Waals surface area contributed by atoms with Crippen LogP contribution < -0.4 is 4.83 Å². The number of rotatable bonds is 4. The normalized spacial score (nSPS) is 17.1. The summed E-state index contributed by atoms with van der Waals surface area (Å²) in [4.78, 5) is 12.2. The van der Waals surface area contributed by atoms with Gasteiger partial charge in [0.2, 0.25) is 0 Å². The first kappa shape index (κ1) is 15.2. The summed E-state index contributed by atoms with van der Waals surface area (Å²) in [5.74, 6) is 0. The molecule has 1 aliphatic rings. The molecule has 0 unspecified atom stereocenters. The van der Waals surface area contributed by atoms with Crippen LogP contribution in [0.3, 0.4) is 0 Å². The van der Waals surface area contributed by atoms with Crippen LogP contribution in [0.2, 0.25) is 5.02 Å². The van der Waals surface area contributed by atoms with Gasteiger partial charge in [0.1, 0.15) is 4.90 Å². The van der Waals surface area contributed by atoms with Crippen molar-refractivity contribution >= 4 is 27.3 Å². The van der Waals surface area contributed by atoms with E-state index in [1.807, 2.05) is 0 Å². The van der Waals surface area contributed by atoms with E-state index in [1.165, 1.54) is 12.1 Å². The number of halogens is 1. The maximum atomic E-state index is 12.2. The molecule has 1 aromatic rings. The number of nitro groups is 1. The molecule has 1 N–H and O–H groups in total. The van der Waals surface area contributed by atoms with Crippen molar-refractivity contribution in [1.29, 1.82) is 0 Å². The topological polar surface area (TPSA) is 92.5 Å². The Morgan fingerprint density at radius 2 is 1.90 bits per heavy atom. The number of nitrogens with one attached hydrogen (secondary N) is 1. The second-order valence-electron chi connectivity index (χ2n) is 4.51. The molecular formula is C11H14ClN3O4S. The maximum Gasteiger partial charge on any atom is 0.270 e. The number of piperidine rings is 1. The van der Waals surface area contributed by atoms with Gasteiger partial charge in [0.05, 0.1) is 9.95 Å². The fourth-order valence-electron chi connectivity index (χ4n) is 2.02. The van der Waals surface area contributed by atoms with Crippen LogP contribution in [-0.2, 0) is 10.0 Å². The molecule has 110 valence electrons. The Labute approximate surface area is 121 Å². The van der Waals surface area contributed by atoms with E-state index < -0.39 is 14.9 Å². The first-order valence-corrected chi connectivity index (χ1v) is 7.97. The molecule has 1 aromatic carbocycles. The Kier molecular flexibility index (Phi) is 4.59. The lowest BCUT2D eigenvalue weighted by atomic mass is 10.2. The molecule has 0 aliphatic carbocycles. The quantitative estimate of drug-likeness (QED) is 0.676. The van der Waals surface area contributed by atoms with Gasteiger partial charge in [0, 0.05) is 25.2 Å². The molecule has 20 heavy (non-hydrogen) atoms. The van der Waals surface area contributed by atoms with Gasteiger partial charge in [-0.15, -0.1) is 4.83 Å². The highest BCUT2D eigenvalue weighted by Gasteiger charge is 2.24. The largest absolute Gasteiger partial charge is 0.270 e. The van der Waals surface area contributed by atoms with Crippen molar-refractivity contribution in [2.75, 3.05) is 13.1 Å². The van der Waals surface area contributed by atoms with E-state index in [2.05, 4.69) is 4.83 Å². The lowest BCUT2D eigenvalue weighted by Gasteiger charge is -2.26. The van der Waals surface area contributed by atoms with Gasteiger partial charge in [0.15, 0.2) is 0 Å². The average Bonchev–Trinajstić information content (AvgIpc) is 2.39. The van der Waals surface area contributed by atoms with Crippen LogP contribution in [0.4, 0.5) is 5.69 Å². The van der Waals surface area contributed by atoms with Crippen molar-refractivity contribution in [3.05, 3.63) is 33.3 Å². The first-order chi connectivity index (χ1) is 9.40. The van der Waals surface area contributed by atoms with Gasteiger partial charge < -0.3 is 0 Å². The Morgan fingerprint density at radius 3 is 2.50 bits per heavy atom. The molecule has 0 spiro atoms. The number of benzene rings is 1. The summed E-state index contributed by atoms with van der Waals surface area (Å²) in [5.41, 5.74) is -0.312. The van der Waals surface area contributed by atoms with E-state index in [9.17, 15) is 18.5 Å². The predicted molar refractivity (Wildman–Crippen MR) is 73.9 cm³/mol. The Hall–Kier alpha value is -1.22. The van der Waals surface area contributed by atoms with Crippen molar-refractivity contribution in [3.63, 3.8) is 0 Å². The summed E-state index contributed by atoms with van der Waals surface area (Å²) in [6.45, 7) is 1.23. The molecule has 1 heterocycles. The summed E-state index contributed by atoms with van der Waals surface area (Å²) < 4.78 is 24.5. The van der Waals surface area contributed by atoms with E-state index in [4.69, 9.17) is 11.6 Å². The molecule has 2 rings (SSSR count). The smallest absolute Gasteiger partial charge is 0.258 e. The summed E-state index contributed by atoms with van der Waals surface area (Å²) in [6, 6.07) is 3.35. The molecule has 7 nitrogen and oxygen atoms in total. The number of sulfonamides is 1. The molecule has 1 fully saturated rings. The number of hydrogen-bond acceptors (Lipinski definition) is 5. The van der Waals surface area contributed by atoms with Gasteiger partial charge in [0.25, 0.3) is 15.7 Å². The molecule has 0 bridgehead atoms. The Bertz CT molecular complexity index is 614. The third-order valence-corrected chi connectivity index (χ3v) is 4.88. The molecule has 0 atom stereocenters. The monoisotopic (exact) mass is 319 g/mol. The second kappa shape index (κ2) is 6.04. The molecule has 1 aliphatic heterocycles.